The Morgan fingerprint density at radius 3 is 1.12 bits per heavy atom. The Kier molecular flexibility index (Phi) is 8.98. The summed E-state index contributed by atoms with van der Waals surface area (Å²) >= 11 is 11.9. The van der Waals surface area contributed by atoms with Crippen molar-refractivity contribution in [2.75, 3.05) is 26.2 Å². The molecule has 1 aliphatic heterocycles. The molecule has 0 bridgehead atoms. The molecule has 12 heteroatoms. The second-order valence-electron chi connectivity index (χ2n) is 9.39. The van der Waals surface area contributed by atoms with Gasteiger partial charge in [0.1, 0.15) is 11.7 Å². The molecular weight excluding hydrogens is 615 g/mol. The Morgan fingerprint density at radius 1 is 0.500 bits per heavy atom. The molecule has 0 aromatic heterocycles. The number of hydrogen-bond donors (Lipinski definition) is 0. The molecule has 5 rings (SSSR count). The third-order valence-electron chi connectivity index (χ3n) is 6.58. The normalized spacial score (nSPS) is 15.1. The van der Waals surface area contributed by atoms with Crippen molar-refractivity contribution in [2.24, 2.45) is 8.80 Å². The summed E-state index contributed by atoms with van der Waals surface area (Å²) in [6, 6.07) is 29.9. The van der Waals surface area contributed by atoms with Crippen LogP contribution in [0, 0.1) is 0 Å². The second kappa shape index (κ2) is 12.7. The molecule has 8 nitrogen and oxygen atoms in total. The average molecular weight is 642 g/mol. The van der Waals surface area contributed by atoms with E-state index in [0.29, 0.717) is 59.0 Å². The van der Waals surface area contributed by atoms with Crippen molar-refractivity contribution in [2.45, 2.75) is 9.79 Å². The first kappa shape index (κ1) is 29.8. The summed E-state index contributed by atoms with van der Waals surface area (Å²) in [7, 11) is -8.09. The molecule has 0 unspecified atom stereocenters. The van der Waals surface area contributed by atoms with Crippen LogP contribution in [0.2, 0.25) is 10.0 Å². The number of rotatable bonds is 6. The summed E-state index contributed by atoms with van der Waals surface area (Å²) in [5.74, 6) is 0.606. The van der Waals surface area contributed by atoms with Crippen molar-refractivity contribution in [3.63, 3.8) is 0 Å². The van der Waals surface area contributed by atoms with E-state index in [9.17, 15) is 16.8 Å². The fraction of sp³-hybridized carbons (Fsp3) is 0.133. The Morgan fingerprint density at radius 2 is 0.810 bits per heavy atom. The molecule has 0 radical (unpaired) electrons. The zero-order chi connectivity index (χ0) is 29.7. The number of sulfonamides is 2. The number of nitrogens with zero attached hydrogens (tertiary/aromatic N) is 4. The lowest BCUT2D eigenvalue weighted by Gasteiger charge is -2.38. The first-order valence-corrected chi connectivity index (χ1v) is 16.6. The van der Waals surface area contributed by atoms with E-state index in [0.717, 1.165) is 0 Å². The highest BCUT2D eigenvalue weighted by Crippen LogP contribution is 2.22. The van der Waals surface area contributed by atoms with Gasteiger partial charge in [-0.15, -0.1) is 8.80 Å². The molecule has 4 aromatic carbocycles. The van der Waals surface area contributed by atoms with Crippen LogP contribution in [-0.2, 0) is 20.0 Å². The summed E-state index contributed by atoms with van der Waals surface area (Å²) in [6.45, 7) is 1.49. The van der Waals surface area contributed by atoms with Gasteiger partial charge >= 0.3 is 0 Å². The number of amidine groups is 2. The zero-order valence-corrected chi connectivity index (χ0v) is 25.4. The Balaban J connectivity index is 1.46. The van der Waals surface area contributed by atoms with Crippen LogP contribution in [0.15, 0.2) is 128 Å². The fourth-order valence-electron chi connectivity index (χ4n) is 4.44. The molecule has 42 heavy (non-hydrogen) atoms. The molecule has 0 aliphatic carbocycles. The van der Waals surface area contributed by atoms with Crippen molar-refractivity contribution >= 4 is 54.9 Å². The maximum absolute atomic E-state index is 13.3. The lowest BCUT2D eigenvalue weighted by atomic mass is 10.1. The van der Waals surface area contributed by atoms with Crippen LogP contribution in [0.4, 0.5) is 0 Å². The van der Waals surface area contributed by atoms with Gasteiger partial charge in [0.25, 0.3) is 20.0 Å². The summed E-state index contributed by atoms with van der Waals surface area (Å²) in [5, 5.41) is 0.845. The van der Waals surface area contributed by atoms with Crippen molar-refractivity contribution in [3.05, 3.63) is 130 Å². The van der Waals surface area contributed by atoms with E-state index < -0.39 is 20.0 Å². The van der Waals surface area contributed by atoms with E-state index in [2.05, 4.69) is 8.80 Å². The van der Waals surface area contributed by atoms with Crippen LogP contribution < -0.4 is 0 Å². The summed E-state index contributed by atoms with van der Waals surface area (Å²) in [5.41, 5.74) is 1.29. The van der Waals surface area contributed by atoms with Crippen LogP contribution in [0.5, 0.6) is 0 Å². The van der Waals surface area contributed by atoms with E-state index in [4.69, 9.17) is 23.2 Å². The highest BCUT2D eigenvalue weighted by atomic mass is 35.5. The van der Waals surface area contributed by atoms with Crippen molar-refractivity contribution in [1.82, 2.24) is 9.80 Å². The molecule has 0 saturated carbocycles. The van der Waals surface area contributed by atoms with Crippen LogP contribution in [0.1, 0.15) is 11.1 Å². The number of halogens is 2. The monoisotopic (exact) mass is 640 g/mol. The van der Waals surface area contributed by atoms with Gasteiger partial charge in [0.15, 0.2) is 0 Å². The first-order valence-electron chi connectivity index (χ1n) is 12.9. The van der Waals surface area contributed by atoms with Crippen LogP contribution in [0.3, 0.4) is 0 Å². The van der Waals surface area contributed by atoms with Gasteiger partial charge in [-0.2, -0.15) is 16.8 Å². The van der Waals surface area contributed by atoms with Crippen molar-refractivity contribution in [1.29, 1.82) is 0 Å². The predicted molar refractivity (Wildman–Crippen MR) is 166 cm³/mol. The van der Waals surface area contributed by atoms with Gasteiger partial charge < -0.3 is 9.80 Å². The smallest absolute Gasteiger partial charge is 0.284 e. The van der Waals surface area contributed by atoms with E-state index in [1.807, 2.05) is 46.2 Å². The molecule has 216 valence electrons. The maximum atomic E-state index is 13.3. The van der Waals surface area contributed by atoms with Crippen LogP contribution >= 0.6 is 23.2 Å². The number of benzene rings is 4. The van der Waals surface area contributed by atoms with Crippen LogP contribution in [0.25, 0.3) is 0 Å². The standard InChI is InChI=1S/C30H26Cl2N4O4S2/c31-25-11-15-27(16-12-25)41(37,38)33-29(23-7-3-1-4-8-23)35-19-21-36(22-20-35)30(24-9-5-2-6-10-24)34-42(39,40)28-17-13-26(32)14-18-28/h1-18H,19-22H2. The van der Waals surface area contributed by atoms with Gasteiger partial charge in [-0.1, -0.05) is 83.9 Å². The highest BCUT2D eigenvalue weighted by molar-refractivity contribution is 7.90. The third-order valence-corrected chi connectivity index (χ3v) is 9.65. The SMILES string of the molecule is O=S(=O)(N=C(c1ccccc1)N1CCN(C(=NS(=O)(=O)c2ccc(Cl)cc2)c2ccccc2)CC1)c1ccc(Cl)cc1. The first-order chi connectivity index (χ1) is 20.1. The maximum Gasteiger partial charge on any atom is 0.284 e. The summed E-state index contributed by atoms with van der Waals surface area (Å²) in [4.78, 5) is 3.83. The van der Waals surface area contributed by atoms with Gasteiger partial charge in [0, 0.05) is 47.4 Å². The molecule has 1 saturated heterocycles. The lowest BCUT2D eigenvalue weighted by Crippen LogP contribution is -2.51. The molecular formula is C30H26Cl2N4O4S2. The second-order valence-corrected chi connectivity index (χ2v) is 13.5. The lowest BCUT2D eigenvalue weighted by molar-refractivity contribution is 0.260. The Bertz CT molecular complexity index is 1670. The van der Waals surface area contributed by atoms with E-state index in [1.54, 1.807) is 24.3 Å². The molecule has 0 atom stereocenters. The minimum absolute atomic E-state index is 0.0323. The number of piperazine rings is 1. The molecule has 0 N–H and O–H groups in total. The van der Waals surface area contributed by atoms with E-state index >= 15 is 0 Å². The molecule has 0 spiro atoms. The van der Waals surface area contributed by atoms with Crippen molar-refractivity contribution in [3.8, 4) is 0 Å². The average Bonchev–Trinajstić information content (AvgIpc) is 3.00. The molecule has 0 amide bonds. The third kappa shape index (κ3) is 7.01. The Hall–Kier alpha value is -3.70. The van der Waals surface area contributed by atoms with Crippen LogP contribution in [-0.4, -0.2) is 64.5 Å². The largest absolute Gasteiger partial charge is 0.352 e. The number of hydrogen-bond acceptors (Lipinski definition) is 4. The van der Waals surface area contributed by atoms with Gasteiger partial charge in [-0.3, -0.25) is 0 Å². The van der Waals surface area contributed by atoms with Gasteiger partial charge in [-0.25, -0.2) is 0 Å². The molecule has 1 fully saturated rings. The summed E-state index contributed by atoms with van der Waals surface area (Å²) in [6.07, 6.45) is 0. The molecule has 1 heterocycles. The minimum atomic E-state index is -4.04. The quantitative estimate of drug-likeness (QED) is 0.201. The van der Waals surface area contributed by atoms with Crippen molar-refractivity contribution < 1.29 is 16.8 Å². The Labute approximate surface area is 255 Å². The fourth-order valence-corrected chi connectivity index (χ4v) is 6.76. The van der Waals surface area contributed by atoms with Gasteiger partial charge in [0.05, 0.1) is 9.79 Å². The molecule has 4 aromatic rings. The molecule has 1 aliphatic rings. The van der Waals surface area contributed by atoms with E-state index in [1.165, 1.54) is 48.5 Å². The highest BCUT2D eigenvalue weighted by Gasteiger charge is 2.27. The van der Waals surface area contributed by atoms with Gasteiger partial charge in [0.2, 0.25) is 0 Å². The zero-order valence-electron chi connectivity index (χ0n) is 22.2. The minimum Gasteiger partial charge on any atom is -0.352 e. The summed E-state index contributed by atoms with van der Waals surface area (Å²) < 4.78 is 61.6. The van der Waals surface area contributed by atoms with Gasteiger partial charge in [-0.05, 0) is 48.5 Å². The predicted octanol–water partition coefficient (Wildman–Crippen LogP) is 5.58. The topological polar surface area (TPSA) is 99.5 Å². The van der Waals surface area contributed by atoms with E-state index in [-0.39, 0.29) is 9.79 Å².